The number of nitrogens with zero attached hydrogens (tertiary/aromatic N) is 2. The normalized spacial score (nSPS) is 11.1. The van der Waals surface area contributed by atoms with Crippen molar-refractivity contribution < 1.29 is 23.8 Å². The lowest BCUT2D eigenvalue weighted by atomic mass is 10.6. The van der Waals surface area contributed by atoms with Crippen molar-refractivity contribution in [3.05, 3.63) is 12.3 Å². The van der Waals surface area contributed by atoms with E-state index in [2.05, 4.69) is 9.97 Å². The van der Waals surface area contributed by atoms with Crippen molar-refractivity contribution in [1.29, 1.82) is 0 Å². The molecule has 0 aliphatic carbocycles. The quantitative estimate of drug-likeness (QED) is 0.710. The predicted octanol–water partition coefficient (Wildman–Crippen LogP) is 0.389. The Morgan fingerprint density at radius 1 is 1.47 bits per heavy atom. The van der Waals surface area contributed by atoms with Gasteiger partial charge in [0.05, 0.1) is 6.61 Å². The monoisotopic (exact) mass is 234 g/mol. The zero-order chi connectivity index (χ0) is 11.3. The summed E-state index contributed by atoms with van der Waals surface area (Å²) in [5.74, 6) is 0.0665. The van der Waals surface area contributed by atoms with Gasteiger partial charge in [0.2, 0.25) is 5.88 Å². The fourth-order valence-electron chi connectivity index (χ4n) is 0.754. The molecule has 0 bridgehead atoms. The van der Waals surface area contributed by atoms with E-state index in [0.29, 0.717) is 6.61 Å². The van der Waals surface area contributed by atoms with Gasteiger partial charge in [-0.1, -0.05) is 0 Å². The minimum absolute atomic E-state index is 0.0665. The van der Waals surface area contributed by atoms with Crippen molar-refractivity contribution in [3.8, 4) is 11.9 Å². The average Bonchev–Trinajstić information content (AvgIpc) is 2.15. The van der Waals surface area contributed by atoms with Crippen molar-refractivity contribution in [3.63, 3.8) is 0 Å². The molecule has 1 rings (SSSR count). The molecule has 0 unspecified atom stereocenters. The zero-order valence-corrected chi connectivity index (χ0v) is 8.92. The highest BCUT2D eigenvalue weighted by Crippen LogP contribution is 2.34. The number of hydrogen-bond acceptors (Lipinski definition) is 5. The van der Waals surface area contributed by atoms with Gasteiger partial charge in [0.1, 0.15) is 0 Å². The Kier molecular flexibility index (Phi) is 4.02. The van der Waals surface area contributed by atoms with Crippen molar-refractivity contribution in [2.75, 3.05) is 13.0 Å². The summed E-state index contributed by atoms with van der Waals surface area (Å²) in [5.41, 5.74) is 0. The third-order valence-corrected chi connectivity index (χ3v) is 1.73. The lowest BCUT2D eigenvalue weighted by molar-refractivity contribution is 0.278. The standard InChI is InChI=1S/C7H11N2O5P/c1-2-13-7-8-4-3-6(9-7)14-5-15(10,11)12/h3-4H,2,5H2,1H3,(H2,10,11,12). The van der Waals surface area contributed by atoms with E-state index in [0.717, 1.165) is 0 Å². The van der Waals surface area contributed by atoms with Crippen LogP contribution in [0.25, 0.3) is 0 Å². The lowest BCUT2D eigenvalue weighted by Gasteiger charge is -2.07. The molecule has 0 aromatic carbocycles. The molecule has 0 aliphatic heterocycles. The van der Waals surface area contributed by atoms with Crippen LogP contribution in [0.3, 0.4) is 0 Å². The van der Waals surface area contributed by atoms with E-state index < -0.39 is 13.9 Å². The highest BCUT2D eigenvalue weighted by Gasteiger charge is 2.14. The largest absolute Gasteiger partial charge is 0.465 e. The predicted molar refractivity (Wildman–Crippen MR) is 50.7 cm³/mol. The van der Waals surface area contributed by atoms with Crippen LogP contribution >= 0.6 is 7.60 Å². The molecule has 1 heterocycles. The van der Waals surface area contributed by atoms with Gasteiger partial charge in [-0.3, -0.25) is 4.57 Å². The molecule has 0 saturated heterocycles. The van der Waals surface area contributed by atoms with Crippen molar-refractivity contribution in [2.24, 2.45) is 0 Å². The number of ether oxygens (including phenoxy) is 2. The molecule has 0 atom stereocenters. The molecule has 8 heteroatoms. The van der Waals surface area contributed by atoms with Crippen LogP contribution in [-0.2, 0) is 4.57 Å². The topological polar surface area (TPSA) is 102 Å². The van der Waals surface area contributed by atoms with Crippen LogP contribution in [0.1, 0.15) is 6.92 Å². The molecule has 15 heavy (non-hydrogen) atoms. The first-order valence-electron chi connectivity index (χ1n) is 4.14. The van der Waals surface area contributed by atoms with Gasteiger partial charge in [-0.15, -0.1) is 0 Å². The molecule has 0 amide bonds. The maximum atomic E-state index is 10.5. The molecule has 0 spiro atoms. The Hall–Kier alpha value is -1.17. The molecule has 1 aromatic rings. The molecule has 7 nitrogen and oxygen atoms in total. The molecule has 1 aromatic heterocycles. The first-order valence-corrected chi connectivity index (χ1v) is 5.94. The van der Waals surface area contributed by atoms with Gasteiger partial charge in [-0.2, -0.15) is 4.98 Å². The van der Waals surface area contributed by atoms with E-state index in [1.54, 1.807) is 6.92 Å². The summed E-state index contributed by atoms with van der Waals surface area (Å²) in [5, 5.41) is 0. The van der Waals surface area contributed by atoms with Gasteiger partial charge in [-0.05, 0) is 6.92 Å². The second-order valence-corrected chi connectivity index (χ2v) is 4.14. The Balaban J connectivity index is 2.61. The van der Waals surface area contributed by atoms with Crippen LogP contribution in [-0.4, -0.2) is 32.7 Å². The summed E-state index contributed by atoms with van der Waals surface area (Å²) in [6.45, 7) is 2.18. The molecular formula is C7H11N2O5P. The SMILES string of the molecule is CCOc1nccc(OCP(=O)(O)O)n1. The summed E-state index contributed by atoms with van der Waals surface area (Å²) >= 11 is 0. The van der Waals surface area contributed by atoms with Gasteiger partial charge in [-0.25, -0.2) is 4.98 Å². The summed E-state index contributed by atoms with van der Waals surface area (Å²) in [4.78, 5) is 24.7. The third-order valence-electron chi connectivity index (χ3n) is 1.26. The molecule has 0 saturated carbocycles. The van der Waals surface area contributed by atoms with E-state index in [9.17, 15) is 4.57 Å². The first-order chi connectivity index (χ1) is 7.01. The highest BCUT2D eigenvalue weighted by molar-refractivity contribution is 7.51. The van der Waals surface area contributed by atoms with Crippen molar-refractivity contribution in [2.45, 2.75) is 6.92 Å². The fourth-order valence-corrected chi connectivity index (χ4v) is 1.05. The third kappa shape index (κ3) is 4.73. The maximum absolute atomic E-state index is 10.5. The van der Waals surface area contributed by atoms with Crippen molar-refractivity contribution >= 4 is 7.60 Å². The maximum Gasteiger partial charge on any atom is 0.362 e. The van der Waals surface area contributed by atoms with Crippen LogP contribution in [0.15, 0.2) is 12.3 Å². The Labute approximate surface area is 86.2 Å². The van der Waals surface area contributed by atoms with Crippen LogP contribution in [0.5, 0.6) is 11.9 Å². The van der Waals surface area contributed by atoms with E-state index in [1.807, 2.05) is 0 Å². The smallest absolute Gasteiger partial charge is 0.362 e. The Morgan fingerprint density at radius 3 is 2.80 bits per heavy atom. The van der Waals surface area contributed by atoms with Gasteiger partial charge in [0, 0.05) is 12.3 Å². The number of hydrogen-bond donors (Lipinski definition) is 2. The van der Waals surface area contributed by atoms with E-state index in [4.69, 9.17) is 19.3 Å². The number of aromatic nitrogens is 2. The summed E-state index contributed by atoms with van der Waals surface area (Å²) in [7, 11) is -4.19. The van der Waals surface area contributed by atoms with E-state index in [1.165, 1.54) is 12.3 Å². The molecule has 2 N–H and O–H groups in total. The summed E-state index contributed by atoms with van der Waals surface area (Å²) in [6.07, 6.45) is 0.669. The van der Waals surface area contributed by atoms with Gasteiger partial charge >= 0.3 is 13.6 Å². The second-order valence-electron chi connectivity index (χ2n) is 2.55. The van der Waals surface area contributed by atoms with E-state index >= 15 is 0 Å². The highest BCUT2D eigenvalue weighted by atomic mass is 31.2. The van der Waals surface area contributed by atoms with Crippen LogP contribution in [0.2, 0.25) is 0 Å². The second kappa shape index (κ2) is 5.06. The number of rotatable bonds is 5. The molecular weight excluding hydrogens is 223 g/mol. The van der Waals surface area contributed by atoms with Crippen LogP contribution in [0, 0.1) is 0 Å². The summed E-state index contributed by atoms with van der Waals surface area (Å²) in [6, 6.07) is 1.50. The minimum Gasteiger partial charge on any atom is -0.465 e. The lowest BCUT2D eigenvalue weighted by Crippen LogP contribution is -2.02. The first kappa shape index (κ1) is 11.9. The molecule has 0 fully saturated rings. The molecule has 84 valence electrons. The van der Waals surface area contributed by atoms with Crippen molar-refractivity contribution in [1.82, 2.24) is 9.97 Å². The van der Waals surface area contributed by atoms with Gasteiger partial charge in [0.25, 0.3) is 0 Å². The van der Waals surface area contributed by atoms with Crippen LogP contribution in [0.4, 0.5) is 0 Å². The molecule has 0 radical (unpaired) electrons. The van der Waals surface area contributed by atoms with E-state index in [-0.39, 0.29) is 11.9 Å². The Morgan fingerprint density at radius 2 is 2.20 bits per heavy atom. The minimum atomic E-state index is -4.19. The zero-order valence-electron chi connectivity index (χ0n) is 8.03. The van der Waals surface area contributed by atoms with Crippen LogP contribution < -0.4 is 9.47 Å². The Bertz CT molecular complexity index is 366. The summed E-state index contributed by atoms with van der Waals surface area (Å²) < 4.78 is 20.3. The fraction of sp³-hybridized carbons (Fsp3) is 0.429. The molecule has 0 aliphatic rings. The average molecular weight is 234 g/mol. The van der Waals surface area contributed by atoms with Gasteiger partial charge < -0.3 is 19.3 Å². The van der Waals surface area contributed by atoms with Gasteiger partial charge in [0.15, 0.2) is 6.35 Å².